The van der Waals surface area contributed by atoms with E-state index in [1.807, 2.05) is 12.3 Å². The van der Waals surface area contributed by atoms with Crippen molar-refractivity contribution in [2.75, 3.05) is 22.6 Å². The van der Waals surface area contributed by atoms with Gasteiger partial charge in [0.05, 0.1) is 16.9 Å². The molecule has 0 unspecified atom stereocenters. The molecule has 0 saturated heterocycles. The van der Waals surface area contributed by atoms with E-state index in [0.29, 0.717) is 29.1 Å². The SMILES string of the molecule is CSCC[C@H]1NC(=O)c2cc(NC(=O)c3cc(-c4cccnc4)n[nH]3)ccc2NC1=O. The van der Waals surface area contributed by atoms with E-state index >= 15 is 0 Å². The minimum absolute atomic E-state index is 0.252. The summed E-state index contributed by atoms with van der Waals surface area (Å²) in [5.41, 5.74) is 2.77. The first-order chi connectivity index (χ1) is 15.0. The molecule has 10 heteroatoms. The molecule has 3 heterocycles. The van der Waals surface area contributed by atoms with E-state index in [9.17, 15) is 14.4 Å². The van der Waals surface area contributed by atoms with Gasteiger partial charge in [0.25, 0.3) is 11.8 Å². The third kappa shape index (κ3) is 4.58. The maximum Gasteiger partial charge on any atom is 0.273 e. The van der Waals surface area contributed by atoms with Crippen LogP contribution in [0.2, 0.25) is 0 Å². The van der Waals surface area contributed by atoms with Crippen LogP contribution in [-0.2, 0) is 4.79 Å². The lowest BCUT2D eigenvalue weighted by molar-refractivity contribution is -0.117. The van der Waals surface area contributed by atoms with E-state index < -0.39 is 11.9 Å². The monoisotopic (exact) mass is 436 g/mol. The summed E-state index contributed by atoms with van der Waals surface area (Å²) < 4.78 is 0. The Kier molecular flexibility index (Phi) is 5.99. The average molecular weight is 436 g/mol. The van der Waals surface area contributed by atoms with Crippen molar-refractivity contribution in [1.82, 2.24) is 20.5 Å². The fourth-order valence-corrected chi connectivity index (χ4v) is 3.65. The van der Waals surface area contributed by atoms with Gasteiger partial charge in [-0.2, -0.15) is 16.9 Å². The highest BCUT2D eigenvalue weighted by molar-refractivity contribution is 7.98. The van der Waals surface area contributed by atoms with Gasteiger partial charge in [-0.3, -0.25) is 24.5 Å². The number of aromatic nitrogens is 3. The molecule has 3 amide bonds. The molecule has 0 aliphatic carbocycles. The van der Waals surface area contributed by atoms with E-state index in [0.717, 1.165) is 11.3 Å². The van der Waals surface area contributed by atoms with Crippen molar-refractivity contribution < 1.29 is 14.4 Å². The summed E-state index contributed by atoms with van der Waals surface area (Å²) in [6.45, 7) is 0. The van der Waals surface area contributed by atoms with Crippen LogP contribution in [0.5, 0.6) is 0 Å². The number of carbonyl (C=O) groups excluding carboxylic acids is 3. The Balaban J connectivity index is 1.50. The van der Waals surface area contributed by atoms with Crippen LogP contribution in [0.1, 0.15) is 27.3 Å². The molecule has 4 rings (SSSR count). The molecular formula is C21H20N6O3S. The number of H-pyrrole nitrogens is 1. The quantitative estimate of drug-likeness (QED) is 0.470. The zero-order chi connectivity index (χ0) is 21.8. The summed E-state index contributed by atoms with van der Waals surface area (Å²) in [5.74, 6) is -0.269. The molecule has 3 aromatic rings. The maximum absolute atomic E-state index is 12.6. The van der Waals surface area contributed by atoms with Gasteiger partial charge < -0.3 is 16.0 Å². The topological polar surface area (TPSA) is 129 Å². The van der Waals surface area contributed by atoms with Crippen molar-refractivity contribution in [2.24, 2.45) is 0 Å². The van der Waals surface area contributed by atoms with Gasteiger partial charge in [0.1, 0.15) is 11.7 Å². The molecule has 0 saturated carbocycles. The van der Waals surface area contributed by atoms with Gasteiger partial charge in [-0.25, -0.2) is 0 Å². The fourth-order valence-electron chi connectivity index (χ4n) is 3.18. The highest BCUT2D eigenvalue weighted by atomic mass is 32.2. The highest BCUT2D eigenvalue weighted by Gasteiger charge is 2.27. The van der Waals surface area contributed by atoms with Gasteiger partial charge in [-0.05, 0) is 54.8 Å². The summed E-state index contributed by atoms with van der Waals surface area (Å²) in [5, 5.41) is 15.1. The molecule has 9 nitrogen and oxygen atoms in total. The lowest BCUT2D eigenvalue weighted by atomic mass is 10.1. The minimum Gasteiger partial charge on any atom is -0.340 e. The van der Waals surface area contributed by atoms with E-state index in [1.165, 1.54) is 6.07 Å². The first-order valence-corrected chi connectivity index (χ1v) is 11.0. The number of hydrogen-bond acceptors (Lipinski definition) is 6. The predicted octanol–water partition coefficient (Wildman–Crippen LogP) is 2.53. The number of fused-ring (bicyclic) bond motifs is 1. The summed E-state index contributed by atoms with van der Waals surface area (Å²) in [6, 6.07) is 9.43. The van der Waals surface area contributed by atoms with Crippen LogP contribution in [0.15, 0.2) is 48.8 Å². The molecular weight excluding hydrogens is 416 g/mol. The van der Waals surface area contributed by atoms with Crippen LogP contribution < -0.4 is 16.0 Å². The van der Waals surface area contributed by atoms with Crippen LogP contribution in [0, 0.1) is 0 Å². The zero-order valence-electron chi connectivity index (χ0n) is 16.6. The van der Waals surface area contributed by atoms with Crippen molar-refractivity contribution in [1.29, 1.82) is 0 Å². The van der Waals surface area contributed by atoms with E-state index in [-0.39, 0.29) is 17.5 Å². The molecule has 0 spiro atoms. The number of nitrogens with one attached hydrogen (secondary N) is 4. The lowest BCUT2D eigenvalue weighted by Gasteiger charge is -2.13. The number of thioether (sulfide) groups is 1. The number of benzene rings is 1. The predicted molar refractivity (Wildman–Crippen MR) is 119 cm³/mol. The second kappa shape index (κ2) is 9.00. The number of amides is 3. The minimum atomic E-state index is -0.596. The fraction of sp³-hybridized carbons (Fsp3) is 0.190. The molecule has 1 aliphatic heterocycles. The third-order valence-electron chi connectivity index (χ3n) is 4.79. The molecule has 1 atom stereocenters. The Morgan fingerprint density at radius 1 is 1.23 bits per heavy atom. The molecule has 4 N–H and O–H groups in total. The van der Waals surface area contributed by atoms with Crippen LogP contribution >= 0.6 is 11.8 Å². The number of anilines is 2. The largest absolute Gasteiger partial charge is 0.340 e. The molecule has 0 fully saturated rings. The lowest BCUT2D eigenvalue weighted by Crippen LogP contribution is -2.41. The number of pyridine rings is 1. The number of nitrogens with zero attached hydrogens (tertiary/aromatic N) is 2. The number of rotatable bonds is 6. The Morgan fingerprint density at radius 2 is 2.10 bits per heavy atom. The Hall–Kier alpha value is -3.66. The Morgan fingerprint density at radius 3 is 2.87 bits per heavy atom. The molecule has 158 valence electrons. The smallest absolute Gasteiger partial charge is 0.273 e. The van der Waals surface area contributed by atoms with Gasteiger partial charge in [-0.15, -0.1) is 0 Å². The van der Waals surface area contributed by atoms with Crippen molar-refractivity contribution in [3.05, 3.63) is 60.0 Å². The molecule has 1 aromatic carbocycles. The van der Waals surface area contributed by atoms with Crippen LogP contribution in [0.4, 0.5) is 11.4 Å². The van der Waals surface area contributed by atoms with Crippen molar-refractivity contribution in [3.8, 4) is 11.3 Å². The summed E-state index contributed by atoms with van der Waals surface area (Å²) in [6.07, 6.45) is 5.80. The van der Waals surface area contributed by atoms with Crippen LogP contribution in [0.25, 0.3) is 11.3 Å². The molecule has 1 aliphatic rings. The van der Waals surface area contributed by atoms with Gasteiger partial charge in [0.15, 0.2) is 0 Å². The molecule has 0 bridgehead atoms. The summed E-state index contributed by atoms with van der Waals surface area (Å²) in [4.78, 5) is 41.7. The molecule has 2 aromatic heterocycles. The maximum atomic E-state index is 12.6. The van der Waals surface area contributed by atoms with Crippen molar-refractivity contribution in [2.45, 2.75) is 12.5 Å². The standard InChI is InChI=1S/C21H20N6O3S/c1-31-8-6-16-20(29)24-15-5-4-13(9-14(15)19(28)25-16)23-21(30)18-10-17(26-27-18)12-3-2-7-22-11-12/h2-5,7,9-11,16H,6,8H2,1H3,(H,23,30)(H,24,29)(H,25,28)(H,26,27)/t16-/m1/s1. The molecule has 31 heavy (non-hydrogen) atoms. The van der Waals surface area contributed by atoms with Crippen molar-refractivity contribution >= 4 is 40.9 Å². The third-order valence-corrected chi connectivity index (χ3v) is 5.44. The van der Waals surface area contributed by atoms with E-state index in [1.54, 1.807) is 48.4 Å². The summed E-state index contributed by atoms with van der Waals surface area (Å²) >= 11 is 1.61. The van der Waals surface area contributed by atoms with E-state index in [4.69, 9.17) is 0 Å². The first-order valence-electron chi connectivity index (χ1n) is 9.57. The Labute approximate surface area is 182 Å². The van der Waals surface area contributed by atoms with Crippen LogP contribution in [-0.4, -0.2) is 51.0 Å². The number of aromatic amines is 1. The number of carbonyl (C=O) groups is 3. The summed E-state index contributed by atoms with van der Waals surface area (Å²) in [7, 11) is 0. The highest BCUT2D eigenvalue weighted by Crippen LogP contribution is 2.24. The van der Waals surface area contributed by atoms with Gasteiger partial charge in [0.2, 0.25) is 5.91 Å². The van der Waals surface area contributed by atoms with E-state index in [2.05, 4.69) is 31.1 Å². The molecule has 0 radical (unpaired) electrons. The van der Waals surface area contributed by atoms with Crippen molar-refractivity contribution in [3.63, 3.8) is 0 Å². The van der Waals surface area contributed by atoms with Gasteiger partial charge in [0, 0.05) is 23.6 Å². The van der Waals surface area contributed by atoms with Crippen LogP contribution in [0.3, 0.4) is 0 Å². The average Bonchev–Trinajstić information content (AvgIpc) is 3.24. The van der Waals surface area contributed by atoms with Gasteiger partial charge in [-0.1, -0.05) is 0 Å². The second-order valence-corrected chi connectivity index (χ2v) is 7.91. The first kappa shape index (κ1) is 20.6. The number of hydrogen-bond donors (Lipinski definition) is 4. The Bertz CT molecular complexity index is 1130. The zero-order valence-corrected chi connectivity index (χ0v) is 17.5. The van der Waals surface area contributed by atoms with Gasteiger partial charge >= 0.3 is 0 Å². The normalized spacial score (nSPS) is 15.5. The second-order valence-electron chi connectivity index (χ2n) is 6.92.